The van der Waals surface area contributed by atoms with Crippen LogP contribution in [0, 0.1) is 0 Å². The van der Waals surface area contributed by atoms with Gasteiger partial charge in [0.15, 0.2) is 0 Å². The maximum Gasteiger partial charge on any atom is 0.274 e. The topological polar surface area (TPSA) is 78.5 Å². The molecule has 2 aromatic rings. The lowest BCUT2D eigenvalue weighted by Crippen LogP contribution is -2.48. The molecule has 1 aromatic heterocycles. The molecule has 25 heavy (non-hydrogen) atoms. The van der Waals surface area contributed by atoms with Crippen LogP contribution in [-0.2, 0) is 12.0 Å². The zero-order valence-corrected chi connectivity index (χ0v) is 14.8. The first-order chi connectivity index (χ1) is 12.1. The van der Waals surface area contributed by atoms with Crippen LogP contribution in [-0.4, -0.2) is 46.3 Å². The molecular formula is C19H25N3O3. The van der Waals surface area contributed by atoms with Crippen molar-refractivity contribution in [1.29, 1.82) is 0 Å². The van der Waals surface area contributed by atoms with Crippen molar-refractivity contribution in [2.75, 3.05) is 20.2 Å². The summed E-state index contributed by atoms with van der Waals surface area (Å²) in [5.74, 6) is 0.496. The fraction of sp³-hybridized carbons (Fsp3) is 0.474. The zero-order chi connectivity index (χ0) is 17.9. The molecule has 2 heterocycles. The van der Waals surface area contributed by atoms with E-state index in [1.165, 1.54) is 0 Å². The average Bonchev–Trinajstić information content (AvgIpc) is 3.10. The number of para-hydroxylation sites is 1. The van der Waals surface area contributed by atoms with Crippen LogP contribution in [0.4, 0.5) is 0 Å². The number of hydrogen-bond donors (Lipinski definition) is 2. The lowest BCUT2D eigenvalue weighted by atomic mass is 9.85. The number of methoxy groups -OCH3 is 1. The van der Waals surface area contributed by atoms with Gasteiger partial charge in [-0.3, -0.25) is 9.89 Å². The van der Waals surface area contributed by atoms with Crippen molar-refractivity contribution >= 4 is 5.91 Å². The van der Waals surface area contributed by atoms with Crippen LogP contribution in [0.1, 0.15) is 47.9 Å². The first kappa shape index (κ1) is 17.5. The number of aryl methyl sites for hydroxylation is 1. The molecule has 1 fully saturated rings. The highest BCUT2D eigenvalue weighted by Crippen LogP contribution is 2.37. The highest BCUT2D eigenvalue weighted by Gasteiger charge is 2.39. The SMILES string of the molecule is CCCc1cc(C(=O)N2CCCC(O)(c3ccccc3OC)C2)n[nH]1. The number of aromatic amines is 1. The van der Waals surface area contributed by atoms with E-state index < -0.39 is 5.60 Å². The van der Waals surface area contributed by atoms with E-state index in [2.05, 4.69) is 17.1 Å². The summed E-state index contributed by atoms with van der Waals surface area (Å²) in [4.78, 5) is 14.5. The van der Waals surface area contributed by atoms with E-state index in [4.69, 9.17) is 4.74 Å². The number of carbonyl (C=O) groups excluding carboxylic acids is 1. The van der Waals surface area contributed by atoms with Crippen molar-refractivity contribution in [3.05, 3.63) is 47.3 Å². The largest absolute Gasteiger partial charge is 0.496 e. The molecule has 1 aromatic carbocycles. The molecule has 0 spiro atoms. The van der Waals surface area contributed by atoms with Gasteiger partial charge in [0.25, 0.3) is 5.91 Å². The predicted octanol–water partition coefficient (Wildman–Crippen LogP) is 2.49. The van der Waals surface area contributed by atoms with E-state index in [-0.39, 0.29) is 12.5 Å². The number of likely N-dealkylation sites (tertiary alicyclic amines) is 1. The molecule has 6 nitrogen and oxygen atoms in total. The van der Waals surface area contributed by atoms with Crippen LogP contribution in [0.5, 0.6) is 5.75 Å². The van der Waals surface area contributed by atoms with Crippen LogP contribution in [0.15, 0.2) is 30.3 Å². The second-order valence-electron chi connectivity index (χ2n) is 6.59. The van der Waals surface area contributed by atoms with E-state index in [1.807, 2.05) is 30.3 Å². The van der Waals surface area contributed by atoms with Gasteiger partial charge in [-0.1, -0.05) is 31.5 Å². The van der Waals surface area contributed by atoms with E-state index in [0.29, 0.717) is 24.4 Å². The van der Waals surface area contributed by atoms with Crippen molar-refractivity contribution < 1.29 is 14.6 Å². The molecule has 1 amide bonds. The molecule has 0 radical (unpaired) electrons. The molecular weight excluding hydrogens is 318 g/mol. The summed E-state index contributed by atoms with van der Waals surface area (Å²) in [6.07, 6.45) is 3.18. The third kappa shape index (κ3) is 3.54. The van der Waals surface area contributed by atoms with Gasteiger partial charge in [0, 0.05) is 17.8 Å². The number of rotatable bonds is 5. The van der Waals surface area contributed by atoms with Gasteiger partial charge in [-0.15, -0.1) is 0 Å². The molecule has 3 rings (SSSR count). The Morgan fingerprint density at radius 3 is 3.00 bits per heavy atom. The molecule has 134 valence electrons. The van der Waals surface area contributed by atoms with Crippen LogP contribution in [0.2, 0.25) is 0 Å². The summed E-state index contributed by atoms with van der Waals surface area (Å²) in [6.45, 7) is 2.94. The number of β-amino-alcohol motifs (C(OH)–C–C–N with tert-alkyl or cyclic N) is 1. The third-order valence-electron chi connectivity index (χ3n) is 4.74. The van der Waals surface area contributed by atoms with Crippen molar-refractivity contribution in [2.24, 2.45) is 0 Å². The first-order valence-electron chi connectivity index (χ1n) is 8.77. The van der Waals surface area contributed by atoms with Crippen LogP contribution in [0.3, 0.4) is 0 Å². The molecule has 1 aliphatic heterocycles. The summed E-state index contributed by atoms with van der Waals surface area (Å²) < 4.78 is 5.39. The van der Waals surface area contributed by atoms with Crippen LogP contribution >= 0.6 is 0 Å². The number of benzene rings is 1. The molecule has 0 aliphatic carbocycles. The number of amides is 1. The molecule has 6 heteroatoms. The Labute approximate surface area is 147 Å². The first-order valence-corrected chi connectivity index (χ1v) is 8.77. The minimum Gasteiger partial charge on any atom is -0.496 e. The summed E-state index contributed by atoms with van der Waals surface area (Å²) in [6, 6.07) is 9.25. The van der Waals surface area contributed by atoms with E-state index in [9.17, 15) is 9.90 Å². The Morgan fingerprint density at radius 1 is 1.44 bits per heavy atom. The quantitative estimate of drug-likeness (QED) is 0.874. The lowest BCUT2D eigenvalue weighted by Gasteiger charge is -2.39. The van der Waals surface area contributed by atoms with Gasteiger partial charge >= 0.3 is 0 Å². The number of carbonyl (C=O) groups is 1. The highest BCUT2D eigenvalue weighted by atomic mass is 16.5. The van der Waals surface area contributed by atoms with Crippen molar-refractivity contribution in [3.8, 4) is 5.75 Å². The average molecular weight is 343 g/mol. The third-order valence-corrected chi connectivity index (χ3v) is 4.74. The summed E-state index contributed by atoms with van der Waals surface area (Å²) in [5.41, 5.74) is 0.988. The van der Waals surface area contributed by atoms with Crippen molar-refractivity contribution in [3.63, 3.8) is 0 Å². The van der Waals surface area contributed by atoms with Gasteiger partial charge < -0.3 is 14.7 Å². The second kappa shape index (κ2) is 7.27. The zero-order valence-electron chi connectivity index (χ0n) is 14.8. The number of hydrogen-bond acceptors (Lipinski definition) is 4. The van der Waals surface area contributed by atoms with Gasteiger partial charge in [0.1, 0.15) is 17.0 Å². The highest BCUT2D eigenvalue weighted by molar-refractivity contribution is 5.92. The Bertz CT molecular complexity index is 743. The molecule has 1 unspecified atom stereocenters. The van der Waals surface area contributed by atoms with Gasteiger partial charge in [0.05, 0.1) is 13.7 Å². The Balaban J connectivity index is 1.81. The minimum absolute atomic E-state index is 0.147. The predicted molar refractivity (Wildman–Crippen MR) is 94.6 cm³/mol. The number of nitrogens with zero attached hydrogens (tertiary/aromatic N) is 2. The number of piperidine rings is 1. The molecule has 1 atom stereocenters. The van der Waals surface area contributed by atoms with E-state index >= 15 is 0 Å². The molecule has 1 saturated heterocycles. The monoisotopic (exact) mass is 343 g/mol. The van der Waals surface area contributed by atoms with Gasteiger partial charge in [0.2, 0.25) is 0 Å². The number of aliphatic hydroxyl groups is 1. The lowest BCUT2D eigenvalue weighted by molar-refractivity contribution is -0.0304. The molecule has 2 N–H and O–H groups in total. The van der Waals surface area contributed by atoms with Crippen molar-refractivity contribution in [1.82, 2.24) is 15.1 Å². The molecule has 1 aliphatic rings. The smallest absolute Gasteiger partial charge is 0.274 e. The van der Waals surface area contributed by atoms with Crippen LogP contribution in [0.25, 0.3) is 0 Å². The minimum atomic E-state index is -1.11. The molecule has 0 saturated carbocycles. The summed E-state index contributed by atoms with van der Waals surface area (Å²) >= 11 is 0. The fourth-order valence-electron chi connectivity index (χ4n) is 3.49. The van der Waals surface area contributed by atoms with Gasteiger partial charge in [-0.2, -0.15) is 5.10 Å². The van der Waals surface area contributed by atoms with Crippen molar-refractivity contribution in [2.45, 2.75) is 38.2 Å². The Kier molecular flexibility index (Phi) is 5.08. The number of nitrogens with one attached hydrogen (secondary N) is 1. The Morgan fingerprint density at radius 2 is 2.24 bits per heavy atom. The van der Waals surface area contributed by atoms with Gasteiger partial charge in [-0.25, -0.2) is 0 Å². The summed E-state index contributed by atoms with van der Waals surface area (Å²) in [5, 5.41) is 18.3. The van der Waals surface area contributed by atoms with Crippen LogP contribution < -0.4 is 4.74 Å². The number of aromatic nitrogens is 2. The molecule has 0 bridgehead atoms. The second-order valence-corrected chi connectivity index (χ2v) is 6.59. The number of H-pyrrole nitrogens is 1. The van der Waals surface area contributed by atoms with E-state index in [0.717, 1.165) is 30.5 Å². The standard InChI is InChI=1S/C19H25N3O3/c1-3-7-14-12-16(21-20-14)18(23)22-11-6-10-19(24,13-22)15-8-4-5-9-17(15)25-2/h4-5,8-9,12,24H,3,6-7,10-11,13H2,1-2H3,(H,20,21). The summed E-state index contributed by atoms with van der Waals surface area (Å²) in [7, 11) is 1.59. The number of ether oxygens (including phenoxy) is 1. The fourth-order valence-corrected chi connectivity index (χ4v) is 3.49. The van der Waals surface area contributed by atoms with Gasteiger partial charge in [-0.05, 0) is 31.4 Å². The Hall–Kier alpha value is -2.34. The maximum atomic E-state index is 12.8. The normalized spacial score (nSPS) is 20.5. The van der Waals surface area contributed by atoms with E-state index in [1.54, 1.807) is 12.0 Å². The maximum absolute atomic E-state index is 12.8.